The van der Waals surface area contributed by atoms with Crippen molar-refractivity contribution in [2.45, 2.75) is 24.0 Å². The maximum absolute atomic E-state index is 11.5. The van der Waals surface area contributed by atoms with Gasteiger partial charge in [0.25, 0.3) is 15.2 Å². The Morgan fingerprint density at radius 2 is 2.11 bits per heavy atom. The summed E-state index contributed by atoms with van der Waals surface area (Å²) >= 11 is 4.85. The van der Waals surface area contributed by atoms with E-state index in [1.165, 1.54) is 11.3 Å². The molecule has 0 bridgehead atoms. The van der Waals surface area contributed by atoms with Crippen LogP contribution in [0.4, 0.5) is 0 Å². The molecule has 0 saturated heterocycles. The van der Waals surface area contributed by atoms with Crippen LogP contribution >= 0.6 is 27.3 Å². The van der Waals surface area contributed by atoms with Gasteiger partial charge in [-0.1, -0.05) is 0 Å². The molecule has 0 aromatic carbocycles. The van der Waals surface area contributed by atoms with Crippen LogP contribution < -0.4 is 5.14 Å². The molecule has 2 aromatic heterocycles. The molecule has 0 radical (unpaired) electrons. The highest BCUT2D eigenvalue weighted by Crippen LogP contribution is 2.41. The molecule has 18 heavy (non-hydrogen) atoms. The maximum Gasteiger partial charge on any atom is 0.273 e. The Morgan fingerprint density at radius 1 is 1.39 bits per heavy atom. The fourth-order valence-corrected chi connectivity index (χ4v) is 3.77. The fourth-order valence-electron chi connectivity index (χ4n) is 1.74. The molecule has 1 fully saturated rings. The van der Waals surface area contributed by atoms with Gasteiger partial charge in [-0.05, 0) is 40.9 Å². The summed E-state index contributed by atoms with van der Waals surface area (Å²) in [6, 6.07) is 3.91. The maximum atomic E-state index is 11.5. The van der Waals surface area contributed by atoms with Gasteiger partial charge in [-0.2, -0.15) is 0 Å². The SMILES string of the molecule is NS(=O)(=O)c1nnc(-c2ccc(Br)s2)n1C1CC1. The average molecular weight is 349 g/mol. The first-order valence-corrected chi connectivity index (χ1v) is 8.36. The number of hydrogen-bond acceptors (Lipinski definition) is 5. The number of halogens is 1. The molecule has 1 aliphatic carbocycles. The Morgan fingerprint density at radius 3 is 2.61 bits per heavy atom. The first kappa shape index (κ1) is 12.3. The minimum absolute atomic E-state index is 0.143. The quantitative estimate of drug-likeness (QED) is 0.914. The lowest BCUT2D eigenvalue weighted by molar-refractivity contribution is 0.567. The molecule has 2 heterocycles. The van der Waals surface area contributed by atoms with Crippen molar-refractivity contribution in [1.29, 1.82) is 0 Å². The first-order chi connectivity index (χ1) is 8.47. The Balaban J connectivity index is 2.19. The minimum atomic E-state index is -3.84. The monoisotopic (exact) mass is 348 g/mol. The molecule has 0 aliphatic heterocycles. The third kappa shape index (κ3) is 2.11. The Labute approximate surface area is 116 Å². The molecular formula is C9H9BrN4O2S2. The smallest absolute Gasteiger partial charge is 0.273 e. The van der Waals surface area contributed by atoms with Crippen LogP contribution in [-0.4, -0.2) is 23.2 Å². The van der Waals surface area contributed by atoms with Gasteiger partial charge >= 0.3 is 0 Å². The molecule has 96 valence electrons. The summed E-state index contributed by atoms with van der Waals surface area (Å²) in [7, 11) is -3.84. The molecular weight excluding hydrogens is 340 g/mol. The van der Waals surface area contributed by atoms with Crippen molar-refractivity contribution in [3.8, 4) is 10.7 Å². The highest BCUT2D eigenvalue weighted by Gasteiger charge is 2.33. The summed E-state index contributed by atoms with van der Waals surface area (Å²) in [5, 5.41) is 12.7. The molecule has 0 atom stereocenters. The van der Waals surface area contributed by atoms with E-state index in [1.807, 2.05) is 12.1 Å². The van der Waals surface area contributed by atoms with Crippen molar-refractivity contribution in [3.05, 3.63) is 15.9 Å². The zero-order valence-electron chi connectivity index (χ0n) is 9.08. The van der Waals surface area contributed by atoms with Gasteiger partial charge in [0.1, 0.15) is 0 Å². The first-order valence-electron chi connectivity index (χ1n) is 5.20. The summed E-state index contributed by atoms with van der Waals surface area (Å²) in [6.45, 7) is 0. The van der Waals surface area contributed by atoms with Crippen molar-refractivity contribution in [3.63, 3.8) is 0 Å². The van der Waals surface area contributed by atoms with E-state index in [4.69, 9.17) is 5.14 Å². The number of thiophene rings is 1. The van der Waals surface area contributed by atoms with Crippen LogP contribution in [0, 0.1) is 0 Å². The van der Waals surface area contributed by atoms with Gasteiger partial charge < -0.3 is 0 Å². The van der Waals surface area contributed by atoms with Crippen LogP contribution in [0.2, 0.25) is 0 Å². The van der Waals surface area contributed by atoms with Crippen molar-refractivity contribution in [2.24, 2.45) is 5.14 Å². The molecule has 0 amide bonds. The van der Waals surface area contributed by atoms with Crippen LogP contribution in [0.1, 0.15) is 18.9 Å². The van der Waals surface area contributed by atoms with Crippen LogP contribution in [0.3, 0.4) is 0 Å². The van der Waals surface area contributed by atoms with E-state index in [1.54, 1.807) is 4.57 Å². The second kappa shape index (κ2) is 4.12. The number of nitrogens with two attached hydrogens (primary N) is 1. The second-order valence-electron chi connectivity index (χ2n) is 4.06. The predicted molar refractivity (Wildman–Crippen MR) is 70.7 cm³/mol. The van der Waals surface area contributed by atoms with Gasteiger partial charge in [0.05, 0.1) is 8.66 Å². The largest absolute Gasteiger partial charge is 0.293 e. The van der Waals surface area contributed by atoms with E-state index in [0.29, 0.717) is 5.82 Å². The zero-order valence-corrected chi connectivity index (χ0v) is 12.3. The predicted octanol–water partition coefficient (Wildman–Crippen LogP) is 1.75. The van der Waals surface area contributed by atoms with Crippen LogP contribution in [-0.2, 0) is 10.0 Å². The number of aromatic nitrogens is 3. The van der Waals surface area contributed by atoms with E-state index in [0.717, 1.165) is 21.5 Å². The van der Waals surface area contributed by atoms with Gasteiger partial charge in [0, 0.05) is 6.04 Å². The van der Waals surface area contributed by atoms with Crippen LogP contribution in [0.5, 0.6) is 0 Å². The van der Waals surface area contributed by atoms with E-state index >= 15 is 0 Å². The molecule has 0 unspecified atom stereocenters. The molecule has 6 nitrogen and oxygen atoms in total. The molecule has 2 N–H and O–H groups in total. The summed E-state index contributed by atoms with van der Waals surface area (Å²) < 4.78 is 25.6. The molecule has 3 rings (SSSR count). The summed E-state index contributed by atoms with van der Waals surface area (Å²) in [6.07, 6.45) is 1.86. The van der Waals surface area contributed by atoms with Crippen molar-refractivity contribution >= 4 is 37.3 Å². The normalized spacial score (nSPS) is 16.1. The molecule has 0 spiro atoms. The van der Waals surface area contributed by atoms with Crippen LogP contribution in [0.25, 0.3) is 10.7 Å². The lowest BCUT2D eigenvalue weighted by Gasteiger charge is -2.05. The summed E-state index contributed by atoms with van der Waals surface area (Å²) in [4.78, 5) is 0.871. The number of primary sulfonamides is 1. The molecule has 1 aliphatic rings. The summed E-state index contributed by atoms with van der Waals surface area (Å²) in [5.74, 6) is 0.567. The highest BCUT2D eigenvalue weighted by atomic mass is 79.9. The Bertz CT molecular complexity index is 702. The van der Waals surface area contributed by atoms with Crippen molar-refractivity contribution in [2.75, 3.05) is 0 Å². The average Bonchev–Trinajstić information content (AvgIpc) is 2.85. The van der Waals surface area contributed by atoms with E-state index in [2.05, 4.69) is 26.1 Å². The number of nitrogens with zero attached hydrogens (tertiary/aromatic N) is 3. The lowest BCUT2D eigenvalue weighted by atomic mass is 10.4. The van der Waals surface area contributed by atoms with Gasteiger partial charge in [-0.25, -0.2) is 13.6 Å². The van der Waals surface area contributed by atoms with Crippen molar-refractivity contribution in [1.82, 2.24) is 14.8 Å². The zero-order chi connectivity index (χ0) is 12.9. The summed E-state index contributed by atoms with van der Waals surface area (Å²) in [5.41, 5.74) is 0. The fraction of sp³-hybridized carbons (Fsp3) is 0.333. The minimum Gasteiger partial charge on any atom is -0.293 e. The van der Waals surface area contributed by atoms with Crippen LogP contribution in [0.15, 0.2) is 21.1 Å². The van der Waals surface area contributed by atoms with E-state index in [9.17, 15) is 8.42 Å². The standard InChI is InChI=1S/C9H9BrN4O2S2/c10-7-4-3-6(17-7)8-12-13-9(18(11,15)16)14(8)5-1-2-5/h3-5H,1-2H2,(H2,11,15,16). The highest BCUT2D eigenvalue weighted by molar-refractivity contribution is 9.11. The molecule has 1 saturated carbocycles. The van der Waals surface area contributed by atoms with Gasteiger partial charge in [-0.15, -0.1) is 21.5 Å². The Kier molecular flexibility index (Phi) is 2.81. The number of rotatable bonds is 3. The second-order valence-corrected chi connectivity index (χ2v) is 7.97. The molecule has 9 heteroatoms. The van der Waals surface area contributed by atoms with Gasteiger partial charge in [-0.3, -0.25) is 4.57 Å². The Hall–Kier alpha value is -0.770. The van der Waals surface area contributed by atoms with Gasteiger partial charge in [0.2, 0.25) is 0 Å². The van der Waals surface area contributed by atoms with Crippen molar-refractivity contribution < 1.29 is 8.42 Å². The topological polar surface area (TPSA) is 90.9 Å². The lowest BCUT2D eigenvalue weighted by Crippen LogP contribution is -2.18. The third-order valence-corrected chi connectivity index (χ3v) is 5.03. The number of hydrogen-bond donors (Lipinski definition) is 1. The van der Waals surface area contributed by atoms with E-state index in [-0.39, 0.29) is 11.2 Å². The molecule has 2 aromatic rings. The third-order valence-electron chi connectivity index (χ3n) is 2.62. The number of sulfonamides is 1. The van der Waals surface area contributed by atoms with E-state index < -0.39 is 10.0 Å². The van der Waals surface area contributed by atoms with Gasteiger partial charge in [0.15, 0.2) is 5.82 Å².